The molecular weight excluding hydrogens is 347 g/mol. The van der Waals surface area contributed by atoms with Gasteiger partial charge in [0.15, 0.2) is 0 Å². The van der Waals surface area contributed by atoms with Crippen LogP contribution in [0.25, 0.3) is 10.9 Å². The third-order valence-corrected chi connectivity index (χ3v) is 6.08. The van der Waals surface area contributed by atoms with Gasteiger partial charge >= 0.3 is 0 Å². The molecule has 0 spiro atoms. The summed E-state index contributed by atoms with van der Waals surface area (Å²) in [7, 11) is -2.25. The van der Waals surface area contributed by atoms with E-state index in [0.717, 1.165) is 12.8 Å². The molecule has 0 radical (unpaired) electrons. The molecule has 1 aliphatic rings. The monoisotopic (exact) mass is 366 g/mol. The third-order valence-electron chi connectivity index (χ3n) is 4.26. The summed E-state index contributed by atoms with van der Waals surface area (Å²) < 4.78 is 41.3. The van der Waals surface area contributed by atoms with Crippen molar-refractivity contribution in [1.29, 1.82) is 0 Å². The topological polar surface area (TPSA) is 116 Å². The van der Waals surface area contributed by atoms with Crippen molar-refractivity contribution in [2.24, 2.45) is 21.2 Å². The number of aryl methyl sites for hydroxylation is 1. The molecule has 25 heavy (non-hydrogen) atoms. The average Bonchev–Trinajstić information content (AvgIpc) is 3.24. The molecule has 3 N–H and O–H groups in total. The summed E-state index contributed by atoms with van der Waals surface area (Å²) in [6, 6.07) is 2.70. The van der Waals surface area contributed by atoms with Crippen LogP contribution in [0, 0.1) is 12.7 Å². The van der Waals surface area contributed by atoms with E-state index in [1.54, 1.807) is 6.92 Å². The molecule has 1 aromatic heterocycles. The molecule has 0 unspecified atom stereocenters. The quantitative estimate of drug-likeness (QED) is 0.285. The molecule has 2 heterocycles. The van der Waals surface area contributed by atoms with Gasteiger partial charge in [-0.1, -0.05) is 0 Å². The average molecular weight is 366 g/mol. The van der Waals surface area contributed by atoms with E-state index < -0.39 is 15.8 Å². The van der Waals surface area contributed by atoms with Crippen LogP contribution < -0.4 is 5.84 Å². The Bertz CT molecular complexity index is 974. The lowest BCUT2D eigenvalue weighted by Gasteiger charge is -2.13. The van der Waals surface area contributed by atoms with Gasteiger partial charge in [-0.2, -0.15) is 14.5 Å². The van der Waals surface area contributed by atoms with Gasteiger partial charge in [0, 0.05) is 31.1 Å². The number of nitrogens with zero attached hydrogens (tertiary/aromatic N) is 4. The van der Waals surface area contributed by atoms with Gasteiger partial charge in [-0.05, 0) is 37.5 Å². The SMILES string of the molecule is CN=NC(=NN)c1c(C)cc(F)c2[nH]c(S(=O)(=O)N3CCCC3)cc12. The van der Waals surface area contributed by atoms with E-state index in [0.29, 0.717) is 29.6 Å². The van der Waals surface area contributed by atoms with Gasteiger partial charge < -0.3 is 10.8 Å². The molecule has 134 valence electrons. The number of H-pyrrole nitrogens is 1. The molecule has 2 aromatic rings. The molecule has 8 nitrogen and oxygen atoms in total. The number of nitrogens with one attached hydrogen (secondary N) is 1. The van der Waals surface area contributed by atoms with E-state index in [4.69, 9.17) is 5.84 Å². The smallest absolute Gasteiger partial charge is 0.258 e. The molecule has 0 bridgehead atoms. The first kappa shape index (κ1) is 17.5. The largest absolute Gasteiger partial charge is 0.342 e. The zero-order chi connectivity index (χ0) is 18.2. The maximum Gasteiger partial charge on any atom is 0.258 e. The number of aromatic nitrogens is 1. The Hall–Kier alpha value is -2.33. The normalized spacial score (nSPS) is 17.2. The number of benzene rings is 1. The van der Waals surface area contributed by atoms with Gasteiger partial charge in [0.2, 0.25) is 5.84 Å². The highest BCUT2D eigenvalue weighted by Crippen LogP contribution is 2.30. The number of rotatable bonds is 3. The van der Waals surface area contributed by atoms with E-state index in [2.05, 4.69) is 20.3 Å². The van der Waals surface area contributed by atoms with Gasteiger partial charge in [-0.3, -0.25) is 0 Å². The number of amidine groups is 1. The lowest BCUT2D eigenvalue weighted by atomic mass is 10.0. The molecule has 0 atom stereocenters. The van der Waals surface area contributed by atoms with Gasteiger partial charge in [0.1, 0.15) is 10.8 Å². The van der Waals surface area contributed by atoms with Crippen molar-refractivity contribution in [2.45, 2.75) is 24.8 Å². The van der Waals surface area contributed by atoms with Crippen molar-refractivity contribution in [3.8, 4) is 0 Å². The Labute approximate surface area is 144 Å². The van der Waals surface area contributed by atoms with Gasteiger partial charge in [0.05, 0.1) is 5.52 Å². The number of hydrogen-bond donors (Lipinski definition) is 2. The van der Waals surface area contributed by atoms with Gasteiger partial charge in [-0.15, -0.1) is 5.11 Å². The summed E-state index contributed by atoms with van der Waals surface area (Å²) in [5.41, 5.74) is 1.06. The molecular formula is C15H19FN6O2S. The molecule has 0 saturated carbocycles. The van der Waals surface area contributed by atoms with Crippen LogP contribution in [0.5, 0.6) is 0 Å². The van der Waals surface area contributed by atoms with Crippen LogP contribution in [0.1, 0.15) is 24.0 Å². The van der Waals surface area contributed by atoms with Gasteiger partial charge in [0.25, 0.3) is 10.0 Å². The summed E-state index contributed by atoms with van der Waals surface area (Å²) in [6.45, 7) is 2.60. The van der Waals surface area contributed by atoms with E-state index in [1.807, 2.05) is 0 Å². The predicted molar refractivity (Wildman–Crippen MR) is 92.5 cm³/mol. The number of azo groups is 1. The standard InChI is InChI=1S/C15H19FN6O2S/c1-9-7-11(16)14-10(13(9)15(20-17)21-18-2)8-12(19-14)25(23,24)22-5-3-4-6-22/h7-8,19H,3-6,17H2,1-2H3. The Kier molecular flexibility index (Phi) is 4.56. The minimum Gasteiger partial charge on any atom is -0.342 e. The predicted octanol–water partition coefficient (Wildman–Crippen LogP) is 2.10. The minimum atomic E-state index is -3.71. The maximum atomic E-state index is 14.4. The fourth-order valence-corrected chi connectivity index (χ4v) is 4.62. The summed E-state index contributed by atoms with van der Waals surface area (Å²) in [6.07, 6.45) is 1.64. The summed E-state index contributed by atoms with van der Waals surface area (Å²) >= 11 is 0. The Balaban J connectivity index is 2.25. The van der Waals surface area contributed by atoms with E-state index in [1.165, 1.54) is 23.5 Å². The lowest BCUT2D eigenvalue weighted by Crippen LogP contribution is -2.28. The number of hydrogen-bond acceptors (Lipinski definition) is 5. The number of aromatic amines is 1. The third kappa shape index (κ3) is 2.91. The summed E-state index contributed by atoms with van der Waals surface area (Å²) in [5.74, 6) is 4.94. The first-order valence-corrected chi connectivity index (χ1v) is 9.24. The first-order chi connectivity index (χ1) is 11.9. The van der Waals surface area contributed by atoms with Crippen molar-refractivity contribution in [2.75, 3.05) is 20.1 Å². The molecule has 1 saturated heterocycles. The molecule has 0 amide bonds. The minimum absolute atomic E-state index is 0.0556. The van der Waals surface area contributed by atoms with Crippen molar-refractivity contribution >= 4 is 26.8 Å². The van der Waals surface area contributed by atoms with Crippen molar-refractivity contribution in [3.05, 3.63) is 29.1 Å². The summed E-state index contributed by atoms with van der Waals surface area (Å²) in [4.78, 5) is 2.70. The highest BCUT2D eigenvalue weighted by molar-refractivity contribution is 7.89. The first-order valence-electron chi connectivity index (χ1n) is 7.80. The van der Waals surface area contributed by atoms with E-state index in [-0.39, 0.29) is 16.4 Å². The molecule has 1 fully saturated rings. The van der Waals surface area contributed by atoms with Crippen LogP contribution >= 0.6 is 0 Å². The van der Waals surface area contributed by atoms with Crippen LogP contribution in [0.3, 0.4) is 0 Å². The highest BCUT2D eigenvalue weighted by atomic mass is 32.2. The van der Waals surface area contributed by atoms with Crippen molar-refractivity contribution < 1.29 is 12.8 Å². The van der Waals surface area contributed by atoms with Crippen LogP contribution in [0.2, 0.25) is 0 Å². The van der Waals surface area contributed by atoms with Crippen LogP contribution in [-0.2, 0) is 10.0 Å². The highest BCUT2D eigenvalue weighted by Gasteiger charge is 2.30. The Morgan fingerprint density at radius 2 is 2.00 bits per heavy atom. The molecule has 1 aliphatic heterocycles. The van der Waals surface area contributed by atoms with Crippen molar-refractivity contribution in [1.82, 2.24) is 9.29 Å². The second-order valence-electron chi connectivity index (χ2n) is 5.84. The van der Waals surface area contributed by atoms with Crippen LogP contribution in [0.15, 0.2) is 32.5 Å². The number of nitrogens with two attached hydrogens (primary N) is 1. The fourth-order valence-electron chi connectivity index (χ4n) is 3.10. The number of halogens is 1. The number of hydrazone groups is 1. The fraction of sp³-hybridized carbons (Fsp3) is 0.400. The molecule has 3 rings (SSSR count). The second-order valence-corrected chi connectivity index (χ2v) is 7.74. The van der Waals surface area contributed by atoms with E-state index in [9.17, 15) is 12.8 Å². The van der Waals surface area contributed by atoms with Crippen LogP contribution in [0.4, 0.5) is 4.39 Å². The number of fused-ring (bicyclic) bond motifs is 1. The summed E-state index contributed by atoms with van der Waals surface area (Å²) in [5, 5.41) is 11.4. The zero-order valence-electron chi connectivity index (χ0n) is 14.0. The van der Waals surface area contributed by atoms with E-state index >= 15 is 0 Å². The maximum absolute atomic E-state index is 14.4. The number of sulfonamides is 1. The Morgan fingerprint density at radius 3 is 2.60 bits per heavy atom. The molecule has 10 heteroatoms. The van der Waals surface area contributed by atoms with Gasteiger partial charge in [-0.25, -0.2) is 12.8 Å². The molecule has 0 aliphatic carbocycles. The van der Waals surface area contributed by atoms with Crippen molar-refractivity contribution in [3.63, 3.8) is 0 Å². The second kappa shape index (κ2) is 6.52. The lowest BCUT2D eigenvalue weighted by molar-refractivity contribution is 0.475. The zero-order valence-corrected chi connectivity index (χ0v) is 14.8. The van der Waals surface area contributed by atoms with Crippen LogP contribution in [-0.4, -0.2) is 43.7 Å². The molecule has 1 aromatic carbocycles. The Morgan fingerprint density at radius 1 is 1.32 bits per heavy atom.